The Kier molecular flexibility index (Phi) is 4.83. The van der Waals surface area contributed by atoms with Crippen molar-refractivity contribution in [3.8, 4) is 10.8 Å². The minimum atomic E-state index is -0.0647. The molecule has 0 unspecified atom stereocenters. The number of anilines is 1. The van der Waals surface area contributed by atoms with E-state index < -0.39 is 0 Å². The number of hydrogen-bond acceptors (Lipinski definition) is 5. The number of carbonyl (C=O) groups excluding carboxylic acids is 1. The van der Waals surface area contributed by atoms with Crippen LogP contribution in [0.4, 0.5) is 5.69 Å². The second-order valence-electron chi connectivity index (χ2n) is 5.08. The lowest BCUT2D eigenvalue weighted by molar-refractivity contribution is -0.116. The van der Waals surface area contributed by atoms with Crippen molar-refractivity contribution >= 4 is 22.9 Å². The van der Waals surface area contributed by atoms with Crippen molar-refractivity contribution in [3.05, 3.63) is 53.2 Å². The molecular weight excluding hydrogens is 310 g/mol. The first-order valence-electron chi connectivity index (χ1n) is 7.49. The SMILES string of the molecule is CCc1ccc(NC(=O)CCc2nnc(-c3cccs3)o2)cc1. The molecule has 0 radical (unpaired) electrons. The van der Waals surface area contributed by atoms with Gasteiger partial charge in [0.05, 0.1) is 4.88 Å². The van der Waals surface area contributed by atoms with Crippen molar-refractivity contribution in [1.29, 1.82) is 0 Å². The van der Waals surface area contributed by atoms with Gasteiger partial charge >= 0.3 is 0 Å². The smallest absolute Gasteiger partial charge is 0.257 e. The number of aromatic nitrogens is 2. The molecule has 5 nitrogen and oxygen atoms in total. The molecule has 1 aromatic carbocycles. The minimum Gasteiger partial charge on any atom is -0.420 e. The first-order chi connectivity index (χ1) is 11.2. The van der Waals surface area contributed by atoms with E-state index >= 15 is 0 Å². The zero-order valence-electron chi connectivity index (χ0n) is 12.8. The molecule has 23 heavy (non-hydrogen) atoms. The highest BCUT2D eigenvalue weighted by atomic mass is 32.1. The summed E-state index contributed by atoms with van der Waals surface area (Å²) in [6.07, 6.45) is 1.72. The molecule has 0 aliphatic heterocycles. The number of hydrogen-bond donors (Lipinski definition) is 1. The molecule has 0 bridgehead atoms. The van der Waals surface area contributed by atoms with Gasteiger partial charge in [-0.2, -0.15) is 0 Å². The maximum Gasteiger partial charge on any atom is 0.257 e. The lowest BCUT2D eigenvalue weighted by atomic mass is 10.1. The van der Waals surface area contributed by atoms with Crippen LogP contribution in [0.25, 0.3) is 10.8 Å². The molecule has 0 aliphatic rings. The lowest BCUT2D eigenvalue weighted by Crippen LogP contribution is -2.12. The van der Waals surface area contributed by atoms with E-state index in [1.54, 1.807) is 11.3 Å². The van der Waals surface area contributed by atoms with Crippen LogP contribution in [0.3, 0.4) is 0 Å². The maximum atomic E-state index is 12.0. The summed E-state index contributed by atoms with van der Waals surface area (Å²) in [6.45, 7) is 2.10. The summed E-state index contributed by atoms with van der Waals surface area (Å²) < 4.78 is 5.57. The highest BCUT2D eigenvalue weighted by molar-refractivity contribution is 7.13. The van der Waals surface area contributed by atoms with Gasteiger partial charge in [-0.3, -0.25) is 4.79 Å². The third-order valence-corrected chi connectivity index (χ3v) is 4.27. The van der Waals surface area contributed by atoms with Crippen molar-refractivity contribution < 1.29 is 9.21 Å². The van der Waals surface area contributed by atoms with Crippen LogP contribution >= 0.6 is 11.3 Å². The van der Waals surface area contributed by atoms with Gasteiger partial charge in [-0.05, 0) is 35.6 Å². The summed E-state index contributed by atoms with van der Waals surface area (Å²) in [6, 6.07) is 11.7. The zero-order valence-corrected chi connectivity index (χ0v) is 13.6. The van der Waals surface area contributed by atoms with E-state index in [0.717, 1.165) is 17.0 Å². The Morgan fingerprint density at radius 3 is 2.74 bits per heavy atom. The number of amides is 1. The third kappa shape index (κ3) is 4.04. The summed E-state index contributed by atoms with van der Waals surface area (Å²) in [7, 11) is 0. The summed E-state index contributed by atoms with van der Waals surface area (Å²) >= 11 is 1.54. The molecule has 2 aromatic heterocycles. The number of nitrogens with one attached hydrogen (secondary N) is 1. The van der Waals surface area contributed by atoms with E-state index in [0.29, 0.717) is 24.6 Å². The summed E-state index contributed by atoms with van der Waals surface area (Å²) in [4.78, 5) is 12.9. The van der Waals surface area contributed by atoms with Gasteiger partial charge in [0, 0.05) is 18.5 Å². The van der Waals surface area contributed by atoms with Crippen molar-refractivity contribution in [2.75, 3.05) is 5.32 Å². The first kappa shape index (κ1) is 15.4. The monoisotopic (exact) mass is 327 g/mol. The molecule has 0 saturated carbocycles. The summed E-state index contributed by atoms with van der Waals surface area (Å²) in [5.74, 6) is 0.917. The number of rotatable bonds is 6. The fourth-order valence-corrected chi connectivity index (χ4v) is 2.77. The molecule has 0 atom stereocenters. The fourth-order valence-electron chi connectivity index (χ4n) is 2.12. The van der Waals surface area contributed by atoms with Crippen molar-refractivity contribution in [2.24, 2.45) is 0 Å². The van der Waals surface area contributed by atoms with Gasteiger partial charge in [0.15, 0.2) is 0 Å². The van der Waals surface area contributed by atoms with Crippen LogP contribution in [-0.2, 0) is 17.6 Å². The molecule has 0 spiro atoms. The predicted octanol–water partition coefficient (Wildman–Crippen LogP) is 3.93. The van der Waals surface area contributed by atoms with Crippen molar-refractivity contribution in [2.45, 2.75) is 26.2 Å². The van der Waals surface area contributed by atoms with Crippen LogP contribution in [0.15, 0.2) is 46.2 Å². The molecule has 118 valence electrons. The lowest BCUT2D eigenvalue weighted by Gasteiger charge is -2.05. The number of thiophene rings is 1. The molecular formula is C17H17N3O2S. The quantitative estimate of drug-likeness (QED) is 0.745. The van der Waals surface area contributed by atoms with Gasteiger partial charge in [0.25, 0.3) is 5.89 Å². The zero-order chi connectivity index (χ0) is 16.1. The maximum absolute atomic E-state index is 12.0. The molecule has 0 saturated heterocycles. The highest BCUT2D eigenvalue weighted by Crippen LogP contribution is 2.23. The van der Waals surface area contributed by atoms with E-state index in [9.17, 15) is 4.79 Å². The molecule has 1 N–H and O–H groups in total. The van der Waals surface area contributed by atoms with Crippen LogP contribution in [-0.4, -0.2) is 16.1 Å². The summed E-state index contributed by atoms with van der Waals surface area (Å²) in [5.41, 5.74) is 2.05. The van der Waals surface area contributed by atoms with E-state index in [4.69, 9.17) is 4.42 Å². The molecule has 0 fully saturated rings. The molecule has 0 aliphatic carbocycles. The van der Waals surface area contributed by atoms with Crippen LogP contribution in [0, 0.1) is 0 Å². The van der Waals surface area contributed by atoms with Gasteiger partial charge in [-0.1, -0.05) is 25.1 Å². The van der Waals surface area contributed by atoms with E-state index in [2.05, 4.69) is 22.4 Å². The topological polar surface area (TPSA) is 68.0 Å². The molecule has 3 aromatic rings. The predicted molar refractivity (Wildman–Crippen MR) is 90.4 cm³/mol. The van der Waals surface area contributed by atoms with Crippen LogP contribution in [0.1, 0.15) is 24.8 Å². The van der Waals surface area contributed by atoms with Crippen molar-refractivity contribution in [1.82, 2.24) is 10.2 Å². The summed E-state index contributed by atoms with van der Waals surface area (Å²) in [5, 5.41) is 12.8. The fraction of sp³-hybridized carbons (Fsp3) is 0.235. The van der Waals surface area contributed by atoms with Crippen LogP contribution in [0.5, 0.6) is 0 Å². The van der Waals surface area contributed by atoms with Crippen LogP contribution in [0.2, 0.25) is 0 Å². The van der Waals surface area contributed by atoms with Crippen LogP contribution < -0.4 is 5.32 Å². The average molecular weight is 327 g/mol. The second kappa shape index (κ2) is 7.19. The highest BCUT2D eigenvalue weighted by Gasteiger charge is 2.11. The van der Waals surface area contributed by atoms with E-state index in [-0.39, 0.29) is 5.91 Å². The van der Waals surface area contributed by atoms with Gasteiger partial charge in [0.2, 0.25) is 11.8 Å². The third-order valence-electron chi connectivity index (χ3n) is 3.41. The number of aryl methyl sites for hydroxylation is 2. The Morgan fingerprint density at radius 2 is 2.04 bits per heavy atom. The minimum absolute atomic E-state index is 0.0647. The Labute approximate surface area is 138 Å². The second-order valence-corrected chi connectivity index (χ2v) is 6.02. The normalized spacial score (nSPS) is 10.7. The van der Waals surface area contributed by atoms with Crippen molar-refractivity contribution in [3.63, 3.8) is 0 Å². The standard InChI is InChI=1S/C17H17N3O2S/c1-2-12-5-7-13(8-6-12)18-15(21)9-10-16-19-20-17(22-16)14-4-3-11-23-14/h3-8,11H,2,9-10H2,1H3,(H,18,21). The van der Waals surface area contributed by atoms with Gasteiger partial charge in [-0.15, -0.1) is 21.5 Å². The molecule has 2 heterocycles. The van der Waals surface area contributed by atoms with Gasteiger partial charge < -0.3 is 9.73 Å². The molecule has 6 heteroatoms. The van der Waals surface area contributed by atoms with E-state index in [1.807, 2.05) is 41.8 Å². The Bertz CT molecular complexity index is 764. The largest absolute Gasteiger partial charge is 0.420 e. The van der Waals surface area contributed by atoms with Gasteiger partial charge in [0.1, 0.15) is 0 Å². The number of carbonyl (C=O) groups is 1. The average Bonchev–Trinajstić information content (AvgIpc) is 3.25. The first-order valence-corrected chi connectivity index (χ1v) is 8.37. The number of benzene rings is 1. The Balaban J connectivity index is 1.52. The Morgan fingerprint density at radius 1 is 1.22 bits per heavy atom. The molecule has 3 rings (SSSR count). The number of nitrogens with zero attached hydrogens (tertiary/aromatic N) is 2. The van der Waals surface area contributed by atoms with E-state index in [1.165, 1.54) is 5.56 Å². The van der Waals surface area contributed by atoms with Gasteiger partial charge in [-0.25, -0.2) is 0 Å². The Hall–Kier alpha value is -2.47. The molecule has 1 amide bonds.